The molecule has 0 aliphatic rings. The number of rotatable bonds is 5. The third kappa shape index (κ3) is 4.22. The molecule has 1 heterocycles. The summed E-state index contributed by atoms with van der Waals surface area (Å²) in [6.45, 7) is 4.82. The van der Waals surface area contributed by atoms with Crippen molar-refractivity contribution in [3.05, 3.63) is 22.3 Å². The normalized spacial score (nSPS) is 14.5. The summed E-state index contributed by atoms with van der Waals surface area (Å²) in [6, 6.07) is 2.02. The van der Waals surface area contributed by atoms with E-state index in [1.807, 2.05) is 19.9 Å². The van der Waals surface area contributed by atoms with Gasteiger partial charge in [0.05, 0.1) is 0 Å². The van der Waals surface area contributed by atoms with Crippen LogP contribution in [0.25, 0.3) is 0 Å². The number of hydrogen-bond donors (Lipinski definition) is 1. The van der Waals surface area contributed by atoms with E-state index in [0.717, 1.165) is 28.8 Å². The van der Waals surface area contributed by atoms with E-state index < -0.39 is 10.8 Å². The fourth-order valence-corrected chi connectivity index (χ4v) is 2.18. The van der Waals surface area contributed by atoms with Gasteiger partial charge in [0.1, 0.15) is 5.82 Å². The third-order valence-electron chi connectivity index (χ3n) is 2.45. The molecule has 0 aromatic carbocycles. The van der Waals surface area contributed by atoms with Crippen molar-refractivity contribution in [3.8, 4) is 0 Å². The Balaban J connectivity index is 2.46. The molecule has 90 valence electrons. The van der Waals surface area contributed by atoms with Gasteiger partial charge in [0.15, 0.2) is 0 Å². The van der Waals surface area contributed by atoms with Gasteiger partial charge in [-0.25, -0.2) is 4.98 Å². The Hall–Kier alpha value is -0.420. The molecule has 16 heavy (non-hydrogen) atoms. The number of hydrogen-bond acceptors (Lipinski definition) is 3. The Morgan fingerprint density at radius 2 is 2.31 bits per heavy atom. The van der Waals surface area contributed by atoms with Gasteiger partial charge in [-0.05, 0) is 40.9 Å². The summed E-state index contributed by atoms with van der Waals surface area (Å²) in [5.74, 6) is 0.900. The highest BCUT2D eigenvalue weighted by atomic mass is 79.9. The Morgan fingerprint density at radius 1 is 1.62 bits per heavy atom. The van der Waals surface area contributed by atoms with Crippen molar-refractivity contribution in [2.45, 2.75) is 25.5 Å². The predicted octanol–water partition coefficient (Wildman–Crippen LogP) is 2.72. The number of halogens is 1. The fraction of sp³-hybridized carbons (Fsp3) is 0.545. The van der Waals surface area contributed by atoms with Gasteiger partial charge < -0.3 is 5.32 Å². The largest absolute Gasteiger partial charge is 0.370 e. The predicted molar refractivity (Wildman–Crippen MR) is 73.3 cm³/mol. The Bertz CT molecular complexity index is 384. The molecule has 0 saturated carbocycles. The summed E-state index contributed by atoms with van der Waals surface area (Å²) < 4.78 is 12.1. The molecule has 0 bridgehead atoms. The van der Waals surface area contributed by atoms with Gasteiger partial charge in [-0.1, -0.05) is 6.92 Å². The van der Waals surface area contributed by atoms with Crippen LogP contribution in [0.2, 0.25) is 0 Å². The zero-order chi connectivity index (χ0) is 12.1. The molecule has 0 amide bonds. The third-order valence-corrected chi connectivity index (χ3v) is 4.26. The summed E-state index contributed by atoms with van der Waals surface area (Å²) in [5, 5.41) is 3.48. The molecule has 2 atom stereocenters. The molecule has 3 nitrogen and oxygen atoms in total. The topological polar surface area (TPSA) is 42.0 Å². The van der Waals surface area contributed by atoms with Crippen molar-refractivity contribution in [2.24, 2.45) is 0 Å². The van der Waals surface area contributed by atoms with Crippen molar-refractivity contribution in [1.82, 2.24) is 4.98 Å². The number of nitrogens with zero attached hydrogens (tertiary/aromatic N) is 1. The van der Waals surface area contributed by atoms with Crippen LogP contribution < -0.4 is 5.32 Å². The highest BCUT2D eigenvalue weighted by molar-refractivity contribution is 9.10. The second-order valence-electron chi connectivity index (χ2n) is 3.84. The maximum absolute atomic E-state index is 11.2. The minimum atomic E-state index is -0.745. The van der Waals surface area contributed by atoms with Gasteiger partial charge in [0.2, 0.25) is 0 Å². The van der Waals surface area contributed by atoms with Crippen molar-refractivity contribution < 1.29 is 4.21 Å². The second kappa shape index (κ2) is 6.35. The van der Waals surface area contributed by atoms with Crippen LogP contribution in [0.3, 0.4) is 0 Å². The summed E-state index contributed by atoms with van der Waals surface area (Å²) in [5.41, 5.74) is 1.11. The Labute approximate surface area is 108 Å². The average molecular weight is 305 g/mol. The van der Waals surface area contributed by atoms with Crippen LogP contribution in [-0.2, 0) is 10.8 Å². The number of nitrogens with one attached hydrogen (secondary N) is 1. The smallest absolute Gasteiger partial charge is 0.128 e. The lowest BCUT2D eigenvalue weighted by Gasteiger charge is -2.11. The number of anilines is 1. The molecule has 0 aliphatic carbocycles. The SMILES string of the molecule is Cc1cc(Br)cnc1NCCC(C)S(C)=O. The summed E-state index contributed by atoms with van der Waals surface area (Å²) in [6.07, 6.45) is 4.41. The lowest BCUT2D eigenvalue weighted by Crippen LogP contribution is -2.15. The molecule has 1 aromatic rings. The highest BCUT2D eigenvalue weighted by Gasteiger charge is 2.06. The van der Waals surface area contributed by atoms with Gasteiger partial charge in [-0.2, -0.15) is 0 Å². The molecule has 2 unspecified atom stereocenters. The number of aryl methyl sites for hydroxylation is 1. The standard InChI is InChI=1S/C11H17BrN2OS/c1-8-6-10(12)7-14-11(8)13-5-4-9(2)16(3)15/h6-7,9H,4-5H2,1-3H3,(H,13,14). The first-order valence-electron chi connectivity index (χ1n) is 5.19. The van der Waals surface area contributed by atoms with E-state index in [-0.39, 0.29) is 5.25 Å². The molecule has 1 rings (SSSR count). The zero-order valence-corrected chi connectivity index (χ0v) is 12.2. The molecule has 0 saturated heterocycles. The molecule has 1 aromatic heterocycles. The van der Waals surface area contributed by atoms with Crippen LogP contribution in [0.15, 0.2) is 16.7 Å². The number of pyridine rings is 1. The molecular weight excluding hydrogens is 288 g/mol. The van der Waals surface area contributed by atoms with E-state index in [2.05, 4.69) is 26.2 Å². The minimum Gasteiger partial charge on any atom is -0.370 e. The van der Waals surface area contributed by atoms with E-state index in [9.17, 15) is 4.21 Å². The van der Waals surface area contributed by atoms with E-state index in [4.69, 9.17) is 0 Å². The first-order chi connectivity index (χ1) is 7.50. The Kier molecular flexibility index (Phi) is 5.41. The first-order valence-corrected chi connectivity index (χ1v) is 7.60. The van der Waals surface area contributed by atoms with Crippen LogP contribution in [0, 0.1) is 6.92 Å². The Morgan fingerprint density at radius 3 is 2.88 bits per heavy atom. The quantitative estimate of drug-likeness (QED) is 0.909. The van der Waals surface area contributed by atoms with E-state index in [1.165, 1.54) is 0 Å². The van der Waals surface area contributed by atoms with E-state index >= 15 is 0 Å². The summed E-state index contributed by atoms with van der Waals surface area (Å²) >= 11 is 3.38. The van der Waals surface area contributed by atoms with Crippen LogP contribution in [0.1, 0.15) is 18.9 Å². The van der Waals surface area contributed by atoms with Crippen molar-refractivity contribution in [3.63, 3.8) is 0 Å². The average Bonchev–Trinajstić information content (AvgIpc) is 2.20. The summed E-state index contributed by atoms with van der Waals surface area (Å²) in [4.78, 5) is 4.29. The van der Waals surface area contributed by atoms with Gasteiger partial charge in [-0.15, -0.1) is 0 Å². The maximum atomic E-state index is 11.2. The monoisotopic (exact) mass is 304 g/mol. The fourth-order valence-electron chi connectivity index (χ4n) is 1.29. The van der Waals surface area contributed by atoms with E-state index in [1.54, 1.807) is 12.5 Å². The molecule has 1 N–H and O–H groups in total. The lowest BCUT2D eigenvalue weighted by atomic mass is 10.3. The summed E-state index contributed by atoms with van der Waals surface area (Å²) in [7, 11) is -0.745. The molecule has 0 fully saturated rings. The van der Waals surface area contributed by atoms with Crippen LogP contribution >= 0.6 is 15.9 Å². The molecule has 5 heteroatoms. The second-order valence-corrected chi connectivity index (χ2v) is 6.56. The highest BCUT2D eigenvalue weighted by Crippen LogP contribution is 2.16. The molecule has 0 radical (unpaired) electrons. The van der Waals surface area contributed by atoms with Gasteiger partial charge in [0.25, 0.3) is 0 Å². The van der Waals surface area contributed by atoms with Gasteiger partial charge in [-0.3, -0.25) is 4.21 Å². The van der Waals surface area contributed by atoms with Crippen LogP contribution in [0.4, 0.5) is 5.82 Å². The van der Waals surface area contributed by atoms with Gasteiger partial charge in [0, 0.05) is 39.5 Å². The van der Waals surface area contributed by atoms with Crippen molar-refractivity contribution in [1.29, 1.82) is 0 Å². The van der Waals surface area contributed by atoms with Crippen LogP contribution in [0.5, 0.6) is 0 Å². The number of aromatic nitrogens is 1. The van der Waals surface area contributed by atoms with Crippen molar-refractivity contribution >= 4 is 32.5 Å². The molecule has 0 spiro atoms. The maximum Gasteiger partial charge on any atom is 0.128 e. The molecule has 0 aliphatic heterocycles. The molecular formula is C11H17BrN2OS. The first kappa shape index (κ1) is 13.6. The van der Waals surface area contributed by atoms with Crippen LogP contribution in [-0.4, -0.2) is 27.2 Å². The van der Waals surface area contributed by atoms with E-state index in [0.29, 0.717) is 0 Å². The zero-order valence-electron chi connectivity index (χ0n) is 9.79. The lowest BCUT2D eigenvalue weighted by molar-refractivity contribution is 0.672. The van der Waals surface area contributed by atoms with Crippen molar-refractivity contribution in [2.75, 3.05) is 18.1 Å². The van der Waals surface area contributed by atoms with Gasteiger partial charge >= 0.3 is 0 Å². The minimum absolute atomic E-state index is 0.225.